The molecule has 0 aliphatic rings. The van der Waals surface area contributed by atoms with Crippen LogP contribution in [0.1, 0.15) is 20.8 Å². The van der Waals surface area contributed by atoms with Gasteiger partial charge in [0.05, 0.1) is 0 Å². The van der Waals surface area contributed by atoms with Crippen molar-refractivity contribution in [2.45, 2.75) is 20.8 Å². The minimum Gasteiger partial charge on any atom is -0.495 e. The summed E-state index contributed by atoms with van der Waals surface area (Å²) in [6.45, 7) is 3.93. The van der Waals surface area contributed by atoms with E-state index in [1.807, 2.05) is 0 Å². The Hall–Kier alpha value is -2.45. The van der Waals surface area contributed by atoms with Crippen molar-refractivity contribution < 1.29 is 46.8 Å². The number of ketones is 3. The molecule has 22 heavy (non-hydrogen) atoms. The molecule has 0 unspecified atom stereocenters. The molecular formula is C12H21FeN3O6. The van der Waals surface area contributed by atoms with Crippen LogP contribution in [0.15, 0.2) is 35.9 Å². The van der Waals surface area contributed by atoms with Gasteiger partial charge in [-0.25, -0.2) is 0 Å². The van der Waals surface area contributed by atoms with Gasteiger partial charge >= 0.3 is 0 Å². The summed E-state index contributed by atoms with van der Waals surface area (Å²) >= 11 is 0. The van der Waals surface area contributed by atoms with Crippen LogP contribution >= 0.6 is 0 Å². The number of aliphatic hydroxyl groups excluding tert-OH is 3. The van der Waals surface area contributed by atoms with Gasteiger partial charge in [-0.15, -0.1) is 0 Å². The molecule has 0 aliphatic heterocycles. The summed E-state index contributed by atoms with van der Waals surface area (Å²) < 4.78 is 0. The van der Waals surface area contributed by atoms with Crippen molar-refractivity contribution >= 4 is 17.3 Å². The van der Waals surface area contributed by atoms with E-state index in [1.165, 1.54) is 20.8 Å². The molecule has 0 bridgehead atoms. The molecule has 0 saturated carbocycles. The van der Waals surface area contributed by atoms with E-state index in [9.17, 15) is 14.4 Å². The first-order valence-electron chi connectivity index (χ1n) is 5.38. The summed E-state index contributed by atoms with van der Waals surface area (Å²) in [4.78, 5) is 29.8. The minimum absolute atomic E-state index is 0. The van der Waals surface area contributed by atoms with Gasteiger partial charge in [-0.2, -0.15) is 0 Å². The number of carbonyl (C=O) groups is 3. The van der Waals surface area contributed by atoms with Crippen molar-refractivity contribution in [3.63, 3.8) is 0 Å². The number of hydrogen-bond acceptors (Lipinski definition) is 9. The van der Waals surface area contributed by atoms with Crippen molar-refractivity contribution in [1.82, 2.24) is 0 Å². The maximum atomic E-state index is 9.94. The first-order chi connectivity index (χ1) is 9.38. The second-order valence-electron chi connectivity index (χ2n) is 3.54. The standard InChI is InChI=1S/3C4H7NO2.Fe/c3*1-3(6)2-4(5)7;/h3*2,7H,5H2,1H3;. The summed E-state index contributed by atoms with van der Waals surface area (Å²) in [6, 6.07) is 0. The SMILES string of the molecule is CC(=O)C=C(N)O.CC(=O)C=C(N)O.CC(=O)C=C(N)O.[Fe]. The quantitative estimate of drug-likeness (QED) is 0.225. The molecular weight excluding hydrogens is 338 g/mol. The molecule has 0 saturated heterocycles. The third-order valence-electron chi connectivity index (χ3n) is 1.05. The van der Waals surface area contributed by atoms with Crippen LogP contribution in [-0.2, 0) is 31.5 Å². The van der Waals surface area contributed by atoms with Crippen molar-refractivity contribution in [3.05, 3.63) is 35.9 Å². The monoisotopic (exact) mass is 359 g/mol. The summed E-state index contributed by atoms with van der Waals surface area (Å²) in [5.74, 6) is -2.06. The van der Waals surface area contributed by atoms with Crippen LogP contribution in [-0.4, -0.2) is 32.7 Å². The number of allylic oxidation sites excluding steroid dienone is 3. The van der Waals surface area contributed by atoms with E-state index < -0.39 is 17.6 Å². The van der Waals surface area contributed by atoms with E-state index in [4.69, 9.17) is 15.3 Å². The van der Waals surface area contributed by atoms with E-state index in [0.29, 0.717) is 0 Å². The Kier molecular flexibility index (Phi) is 21.0. The van der Waals surface area contributed by atoms with E-state index in [-0.39, 0.29) is 34.4 Å². The van der Waals surface area contributed by atoms with Crippen molar-refractivity contribution in [2.24, 2.45) is 17.2 Å². The van der Waals surface area contributed by atoms with Gasteiger partial charge in [0.25, 0.3) is 0 Å². The molecule has 0 radical (unpaired) electrons. The molecule has 10 heteroatoms. The van der Waals surface area contributed by atoms with Gasteiger partial charge in [0.2, 0.25) is 0 Å². The zero-order valence-corrected chi connectivity index (χ0v) is 13.5. The van der Waals surface area contributed by atoms with Crippen LogP contribution in [0.5, 0.6) is 0 Å². The van der Waals surface area contributed by atoms with Crippen LogP contribution in [0, 0.1) is 0 Å². The van der Waals surface area contributed by atoms with E-state index in [0.717, 1.165) is 18.2 Å². The molecule has 0 aromatic heterocycles. The van der Waals surface area contributed by atoms with Gasteiger partial charge in [0.1, 0.15) is 0 Å². The summed E-state index contributed by atoms with van der Waals surface area (Å²) in [7, 11) is 0. The Balaban J connectivity index is -0.000000108. The van der Waals surface area contributed by atoms with Gasteiger partial charge in [0.15, 0.2) is 35.0 Å². The molecule has 0 atom stereocenters. The maximum absolute atomic E-state index is 9.94. The molecule has 0 fully saturated rings. The predicted octanol–water partition coefficient (Wildman–Crippen LogP) is -0.202. The fourth-order valence-electron chi connectivity index (χ4n) is 0.625. The Labute approximate surface area is 138 Å². The third-order valence-corrected chi connectivity index (χ3v) is 1.05. The Morgan fingerprint density at radius 1 is 0.636 bits per heavy atom. The van der Waals surface area contributed by atoms with Gasteiger partial charge in [-0.1, -0.05) is 0 Å². The summed E-state index contributed by atoms with van der Waals surface area (Å²) in [6.07, 6.45) is 2.83. The normalized spacial score (nSPS) is 10.8. The van der Waals surface area contributed by atoms with Crippen LogP contribution in [0.4, 0.5) is 0 Å². The number of rotatable bonds is 3. The molecule has 0 spiro atoms. The van der Waals surface area contributed by atoms with Crippen LogP contribution in [0.25, 0.3) is 0 Å². The van der Waals surface area contributed by atoms with Crippen LogP contribution < -0.4 is 17.2 Å². The zero-order chi connectivity index (χ0) is 17.6. The number of hydrogen-bond donors (Lipinski definition) is 6. The van der Waals surface area contributed by atoms with Crippen molar-refractivity contribution in [2.75, 3.05) is 0 Å². The molecule has 0 aromatic carbocycles. The fraction of sp³-hybridized carbons (Fsp3) is 0.250. The summed E-state index contributed by atoms with van der Waals surface area (Å²) in [5, 5.41) is 24.4. The Bertz CT molecular complexity index is 379. The smallest absolute Gasteiger partial charge is 0.185 e. The second-order valence-corrected chi connectivity index (χ2v) is 3.54. The van der Waals surface area contributed by atoms with Crippen molar-refractivity contribution in [1.29, 1.82) is 0 Å². The summed E-state index contributed by atoms with van der Waals surface area (Å²) in [5.41, 5.74) is 14.1. The van der Waals surface area contributed by atoms with Gasteiger partial charge in [0, 0.05) is 35.3 Å². The van der Waals surface area contributed by atoms with E-state index in [2.05, 4.69) is 17.2 Å². The zero-order valence-electron chi connectivity index (χ0n) is 12.4. The molecule has 0 amide bonds. The third kappa shape index (κ3) is 52.7. The van der Waals surface area contributed by atoms with Gasteiger partial charge in [-0.3, -0.25) is 14.4 Å². The fourth-order valence-corrected chi connectivity index (χ4v) is 0.625. The Morgan fingerprint density at radius 2 is 0.773 bits per heavy atom. The Morgan fingerprint density at radius 3 is 0.773 bits per heavy atom. The van der Waals surface area contributed by atoms with Crippen LogP contribution in [0.2, 0.25) is 0 Å². The average molecular weight is 359 g/mol. The average Bonchev–Trinajstić information content (AvgIpc) is 2.10. The molecule has 0 aliphatic carbocycles. The molecule has 9 nitrogen and oxygen atoms in total. The number of nitrogens with two attached hydrogens (primary N) is 3. The van der Waals surface area contributed by atoms with E-state index in [1.54, 1.807) is 0 Å². The molecule has 0 aromatic rings. The van der Waals surface area contributed by atoms with Gasteiger partial charge < -0.3 is 32.5 Å². The van der Waals surface area contributed by atoms with Gasteiger partial charge in [-0.05, 0) is 20.8 Å². The molecule has 9 N–H and O–H groups in total. The number of aliphatic hydroxyl groups is 3. The first-order valence-corrected chi connectivity index (χ1v) is 5.38. The number of carbonyl (C=O) groups excluding carboxylic acids is 3. The topological polar surface area (TPSA) is 190 Å². The molecule has 128 valence electrons. The first kappa shape index (κ1) is 27.8. The molecule has 0 heterocycles. The second kappa shape index (κ2) is 16.6. The predicted molar refractivity (Wildman–Crippen MR) is 76.7 cm³/mol. The largest absolute Gasteiger partial charge is 0.495 e. The van der Waals surface area contributed by atoms with Crippen molar-refractivity contribution in [3.8, 4) is 0 Å². The minimum atomic E-state index is -0.437. The maximum Gasteiger partial charge on any atom is 0.185 e. The van der Waals surface area contributed by atoms with E-state index >= 15 is 0 Å². The van der Waals surface area contributed by atoms with Crippen LogP contribution in [0.3, 0.4) is 0 Å². The molecule has 0 rings (SSSR count).